The van der Waals surface area contributed by atoms with Crippen LogP contribution in [0.2, 0.25) is 0 Å². The molecule has 0 atom stereocenters. The molecule has 9 nitrogen and oxygen atoms in total. The van der Waals surface area contributed by atoms with E-state index in [1.807, 2.05) is 73.9 Å². The molecule has 1 aliphatic heterocycles. The molecule has 0 radical (unpaired) electrons. The second kappa shape index (κ2) is 15.3. The topological polar surface area (TPSA) is 81.8 Å². The molecule has 2 amide bonds. The molecule has 9 heteroatoms. The van der Waals surface area contributed by atoms with Crippen molar-refractivity contribution in [3.8, 4) is 11.1 Å². The highest BCUT2D eigenvalue weighted by Gasteiger charge is 2.25. The van der Waals surface area contributed by atoms with Crippen LogP contribution in [0.4, 0.5) is 4.79 Å². The second-order valence-electron chi connectivity index (χ2n) is 12.7. The fourth-order valence-electron chi connectivity index (χ4n) is 6.60. The smallest absolute Gasteiger partial charge is 0.410 e. The van der Waals surface area contributed by atoms with Crippen LogP contribution in [0, 0.1) is 12.8 Å². The van der Waals surface area contributed by atoms with Gasteiger partial charge in [-0.1, -0.05) is 72.8 Å². The van der Waals surface area contributed by atoms with Gasteiger partial charge < -0.3 is 28.4 Å². The van der Waals surface area contributed by atoms with Gasteiger partial charge in [0.25, 0.3) is 5.91 Å². The van der Waals surface area contributed by atoms with E-state index >= 15 is 0 Å². The summed E-state index contributed by atoms with van der Waals surface area (Å²) in [7, 11) is 3.47. The van der Waals surface area contributed by atoms with Crippen molar-refractivity contribution in [2.24, 2.45) is 5.92 Å². The van der Waals surface area contributed by atoms with Crippen LogP contribution in [-0.2, 0) is 29.2 Å². The number of likely N-dealkylation sites (N-methyl/N-ethyl adjacent to an activating group) is 1. The second-order valence-corrected chi connectivity index (χ2v) is 12.7. The number of rotatable bonds is 12. The summed E-state index contributed by atoms with van der Waals surface area (Å²) in [5, 5.41) is 2.25. The first-order chi connectivity index (χ1) is 23.4. The number of aryl methyl sites for hydroxylation is 2. The number of imidazole rings is 1. The third-order valence-corrected chi connectivity index (χ3v) is 9.51. The average Bonchev–Trinajstić information content (AvgIpc) is 3.71. The Balaban J connectivity index is 1.13. The Morgan fingerprint density at radius 3 is 2.48 bits per heavy atom. The van der Waals surface area contributed by atoms with E-state index in [2.05, 4.69) is 50.6 Å². The molecule has 0 spiro atoms. The Morgan fingerprint density at radius 1 is 0.938 bits per heavy atom. The summed E-state index contributed by atoms with van der Waals surface area (Å²) >= 11 is 0. The Morgan fingerprint density at radius 2 is 1.69 bits per heavy atom. The predicted octanol–water partition coefficient (Wildman–Crippen LogP) is 7.02. The van der Waals surface area contributed by atoms with E-state index in [1.165, 1.54) is 0 Å². The summed E-state index contributed by atoms with van der Waals surface area (Å²) in [4.78, 5) is 34.7. The van der Waals surface area contributed by atoms with Crippen LogP contribution in [0.3, 0.4) is 0 Å². The minimum Gasteiger partial charge on any atom is -0.445 e. The highest BCUT2D eigenvalue weighted by molar-refractivity contribution is 6.06. The van der Waals surface area contributed by atoms with Gasteiger partial charge in [-0.25, -0.2) is 9.78 Å². The van der Waals surface area contributed by atoms with Crippen molar-refractivity contribution in [2.45, 2.75) is 45.9 Å². The fraction of sp³-hybridized carbons (Fsp3) is 0.359. The Hall–Kier alpha value is -4.89. The predicted molar refractivity (Wildman–Crippen MR) is 188 cm³/mol. The van der Waals surface area contributed by atoms with E-state index in [4.69, 9.17) is 9.47 Å². The number of carbonyl (C=O) groups is 2. The van der Waals surface area contributed by atoms with E-state index in [0.717, 1.165) is 64.7 Å². The van der Waals surface area contributed by atoms with Crippen molar-refractivity contribution in [3.05, 3.63) is 114 Å². The molecule has 0 bridgehead atoms. The fourth-order valence-corrected chi connectivity index (χ4v) is 6.60. The number of carbonyl (C=O) groups excluding carboxylic acids is 2. The normalized spacial score (nSPS) is 13.6. The molecule has 5 aromatic rings. The molecule has 0 saturated carbocycles. The molecule has 6 rings (SSSR count). The molecule has 0 N–H and O–H groups in total. The Labute approximate surface area is 282 Å². The standard InChI is InChI=1S/C39H45N5O4/c1-29-37(44(28-40-29)21-18-30-16-19-43(20-17-30)39(46)48-27-31-10-5-4-6-11-31)26-42-24-35(36(25-42)38(45)41(2)22-23-47-3)34-15-9-13-32-12-7-8-14-33(32)34/h4-15,24-25,28,30H,16-23,26-27H2,1-3H3. The molecular weight excluding hydrogens is 602 g/mol. The number of nitrogens with zero attached hydrogens (tertiary/aromatic N) is 5. The van der Waals surface area contributed by atoms with Crippen LogP contribution in [-0.4, -0.2) is 76.3 Å². The first-order valence-corrected chi connectivity index (χ1v) is 16.8. The summed E-state index contributed by atoms with van der Waals surface area (Å²) in [6.07, 6.45) is 8.70. The highest BCUT2D eigenvalue weighted by Crippen LogP contribution is 2.33. The van der Waals surface area contributed by atoms with Crippen LogP contribution >= 0.6 is 0 Å². The van der Waals surface area contributed by atoms with Gasteiger partial charge in [0.1, 0.15) is 6.61 Å². The lowest BCUT2D eigenvalue weighted by Gasteiger charge is -2.31. The van der Waals surface area contributed by atoms with Gasteiger partial charge in [0.2, 0.25) is 0 Å². The molecule has 1 aliphatic rings. The average molecular weight is 648 g/mol. The third kappa shape index (κ3) is 7.63. The summed E-state index contributed by atoms with van der Waals surface area (Å²) in [6.45, 7) is 6.21. The maximum atomic E-state index is 13.8. The lowest BCUT2D eigenvalue weighted by Crippen LogP contribution is -2.39. The van der Waals surface area contributed by atoms with Gasteiger partial charge in [-0.15, -0.1) is 0 Å². The van der Waals surface area contributed by atoms with E-state index in [-0.39, 0.29) is 12.0 Å². The molecule has 2 aromatic heterocycles. The minimum absolute atomic E-state index is 0.0331. The quantitative estimate of drug-likeness (QED) is 0.145. The number of fused-ring (bicyclic) bond motifs is 1. The number of likely N-dealkylation sites (tertiary alicyclic amines) is 1. The first-order valence-electron chi connectivity index (χ1n) is 16.8. The number of hydrogen-bond donors (Lipinski definition) is 0. The van der Waals surface area contributed by atoms with Gasteiger partial charge in [0.05, 0.1) is 36.4 Å². The van der Waals surface area contributed by atoms with Crippen molar-refractivity contribution in [2.75, 3.05) is 40.4 Å². The number of ether oxygens (including phenoxy) is 2. The van der Waals surface area contributed by atoms with Crippen LogP contribution < -0.4 is 0 Å². The van der Waals surface area contributed by atoms with Crippen LogP contribution in [0.5, 0.6) is 0 Å². The molecule has 3 aromatic carbocycles. The molecule has 0 unspecified atom stereocenters. The zero-order chi connectivity index (χ0) is 33.5. The summed E-state index contributed by atoms with van der Waals surface area (Å²) in [5.41, 5.74) is 5.73. The van der Waals surface area contributed by atoms with Gasteiger partial charge in [-0.2, -0.15) is 0 Å². The van der Waals surface area contributed by atoms with Crippen molar-refractivity contribution >= 4 is 22.8 Å². The lowest BCUT2D eigenvalue weighted by atomic mass is 9.94. The molecule has 1 saturated heterocycles. The largest absolute Gasteiger partial charge is 0.445 e. The number of methoxy groups -OCH3 is 1. The van der Waals surface area contributed by atoms with Crippen molar-refractivity contribution in [1.82, 2.24) is 23.9 Å². The maximum absolute atomic E-state index is 13.8. The number of hydrogen-bond acceptors (Lipinski definition) is 5. The first kappa shape index (κ1) is 33.0. The molecule has 1 fully saturated rings. The van der Waals surface area contributed by atoms with Crippen molar-refractivity contribution in [3.63, 3.8) is 0 Å². The summed E-state index contributed by atoms with van der Waals surface area (Å²) in [6, 6.07) is 24.3. The molecule has 48 heavy (non-hydrogen) atoms. The van der Waals surface area contributed by atoms with E-state index in [9.17, 15) is 9.59 Å². The zero-order valence-corrected chi connectivity index (χ0v) is 28.2. The van der Waals surface area contributed by atoms with Gasteiger partial charge in [0.15, 0.2) is 0 Å². The number of amides is 2. The summed E-state index contributed by atoms with van der Waals surface area (Å²) < 4.78 is 15.2. The minimum atomic E-state index is -0.234. The monoisotopic (exact) mass is 647 g/mol. The van der Waals surface area contributed by atoms with E-state index in [1.54, 1.807) is 12.0 Å². The Bertz CT molecular complexity index is 1830. The maximum Gasteiger partial charge on any atom is 0.410 e. The summed E-state index contributed by atoms with van der Waals surface area (Å²) in [5.74, 6) is 0.490. The Kier molecular flexibility index (Phi) is 10.6. The number of benzene rings is 3. The van der Waals surface area contributed by atoms with E-state index < -0.39 is 0 Å². The molecule has 0 aliphatic carbocycles. The lowest BCUT2D eigenvalue weighted by molar-refractivity contribution is 0.0744. The van der Waals surface area contributed by atoms with Crippen molar-refractivity contribution in [1.29, 1.82) is 0 Å². The zero-order valence-electron chi connectivity index (χ0n) is 28.2. The van der Waals surface area contributed by atoms with Gasteiger partial charge in [-0.05, 0) is 54.0 Å². The van der Waals surface area contributed by atoms with Gasteiger partial charge in [-0.3, -0.25) is 4.79 Å². The van der Waals surface area contributed by atoms with Crippen LogP contribution in [0.25, 0.3) is 21.9 Å². The van der Waals surface area contributed by atoms with E-state index in [0.29, 0.717) is 50.9 Å². The molecule has 3 heterocycles. The molecule has 250 valence electrons. The van der Waals surface area contributed by atoms with Crippen LogP contribution in [0.1, 0.15) is 46.6 Å². The number of aromatic nitrogens is 3. The SMILES string of the molecule is COCCN(C)C(=O)c1cn(Cc2c(C)ncn2CCC2CCN(C(=O)OCc3ccccc3)CC2)cc1-c1cccc2ccccc12. The third-order valence-electron chi connectivity index (χ3n) is 9.51. The highest BCUT2D eigenvalue weighted by atomic mass is 16.6. The van der Waals surface area contributed by atoms with Crippen LogP contribution in [0.15, 0.2) is 91.5 Å². The molecular formula is C39H45N5O4. The number of piperidine rings is 1. The van der Waals surface area contributed by atoms with Crippen molar-refractivity contribution < 1.29 is 19.1 Å². The van der Waals surface area contributed by atoms with Gasteiger partial charge >= 0.3 is 6.09 Å². The van der Waals surface area contributed by atoms with Gasteiger partial charge in [0, 0.05) is 58.3 Å².